The number of thiazole rings is 1. The van der Waals surface area contributed by atoms with Crippen molar-refractivity contribution in [3.8, 4) is 0 Å². The molecule has 3 heterocycles. The molecular formula is C23H26N4O7S3. The van der Waals surface area contributed by atoms with E-state index < -0.39 is 21.6 Å². The molecule has 0 radical (unpaired) electrons. The van der Waals surface area contributed by atoms with Gasteiger partial charge in [-0.25, -0.2) is 23.0 Å². The van der Waals surface area contributed by atoms with E-state index in [0.29, 0.717) is 41.3 Å². The van der Waals surface area contributed by atoms with Gasteiger partial charge in [0.2, 0.25) is 5.91 Å². The standard InChI is InChI=1S/C23H26N4O7S3/c1-23(2,3)34-22(31)27-8-6-13(7-9-27)19(28)25-21-24-16-5-4-15(11-17(16)36-21)26-37(32,33)18-10-14(12-35-18)20(29)30/h4-5,10-13,26H,6-9H2,1-3H3,(H,29,30)(H,24,25,28). The number of nitrogens with zero attached hydrogens (tertiary/aromatic N) is 2. The molecule has 0 spiro atoms. The number of amides is 2. The number of nitrogens with one attached hydrogen (secondary N) is 2. The number of carbonyl (C=O) groups excluding carboxylic acids is 2. The fraction of sp³-hybridized carbons (Fsp3) is 0.391. The van der Waals surface area contributed by atoms with Crippen LogP contribution >= 0.6 is 22.7 Å². The third kappa shape index (κ3) is 6.56. The van der Waals surface area contributed by atoms with Crippen molar-refractivity contribution in [1.29, 1.82) is 0 Å². The number of benzene rings is 1. The highest BCUT2D eigenvalue weighted by Crippen LogP contribution is 2.31. The lowest BCUT2D eigenvalue weighted by molar-refractivity contribution is -0.121. The summed E-state index contributed by atoms with van der Waals surface area (Å²) in [5.74, 6) is -1.66. The number of rotatable bonds is 6. The van der Waals surface area contributed by atoms with E-state index in [9.17, 15) is 22.8 Å². The van der Waals surface area contributed by atoms with Gasteiger partial charge in [0, 0.05) is 24.4 Å². The summed E-state index contributed by atoms with van der Waals surface area (Å²) in [5, 5.41) is 13.5. The zero-order valence-corrected chi connectivity index (χ0v) is 22.8. The van der Waals surface area contributed by atoms with Crippen molar-refractivity contribution < 1.29 is 32.6 Å². The molecule has 1 aliphatic rings. The minimum atomic E-state index is -3.96. The summed E-state index contributed by atoms with van der Waals surface area (Å²) in [7, 11) is -3.96. The molecule has 1 aromatic carbocycles. The van der Waals surface area contributed by atoms with Gasteiger partial charge in [-0.15, -0.1) is 11.3 Å². The van der Waals surface area contributed by atoms with Gasteiger partial charge in [-0.3, -0.25) is 9.52 Å². The summed E-state index contributed by atoms with van der Waals surface area (Å²) < 4.78 is 33.7. The van der Waals surface area contributed by atoms with Gasteiger partial charge >= 0.3 is 12.1 Å². The molecule has 3 aromatic rings. The maximum absolute atomic E-state index is 12.8. The van der Waals surface area contributed by atoms with Crippen LogP contribution in [0.25, 0.3) is 10.2 Å². The zero-order chi connectivity index (χ0) is 27.0. The van der Waals surface area contributed by atoms with E-state index in [2.05, 4.69) is 15.0 Å². The molecule has 2 amide bonds. The number of piperidine rings is 1. The third-order valence-corrected chi connectivity index (χ3v) is 9.23. The fourth-order valence-corrected chi connectivity index (χ4v) is 6.79. The van der Waals surface area contributed by atoms with Gasteiger partial charge in [0.15, 0.2) is 5.13 Å². The van der Waals surface area contributed by atoms with Crippen molar-refractivity contribution in [3.05, 3.63) is 35.2 Å². The Kier molecular flexibility index (Phi) is 7.44. The highest BCUT2D eigenvalue weighted by Gasteiger charge is 2.30. The molecule has 0 unspecified atom stereocenters. The lowest BCUT2D eigenvalue weighted by atomic mass is 9.96. The number of hydrogen-bond donors (Lipinski definition) is 3. The van der Waals surface area contributed by atoms with E-state index in [4.69, 9.17) is 9.84 Å². The van der Waals surface area contributed by atoms with Crippen LogP contribution in [0.15, 0.2) is 33.9 Å². The molecule has 1 saturated heterocycles. The second kappa shape index (κ2) is 10.3. The number of carbonyl (C=O) groups is 3. The van der Waals surface area contributed by atoms with Crippen LogP contribution in [0.1, 0.15) is 44.0 Å². The molecule has 11 nitrogen and oxygen atoms in total. The van der Waals surface area contributed by atoms with Crippen LogP contribution in [0.3, 0.4) is 0 Å². The van der Waals surface area contributed by atoms with Gasteiger partial charge in [-0.2, -0.15) is 0 Å². The van der Waals surface area contributed by atoms with E-state index >= 15 is 0 Å². The number of anilines is 2. The first kappa shape index (κ1) is 26.8. The number of likely N-dealkylation sites (tertiary alicyclic amines) is 1. The second-order valence-corrected chi connectivity index (χ2v) is 13.3. The topological polar surface area (TPSA) is 155 Å². The third-order valence-electron chi connectivity index (χ3n) is 5.48. The normalized spacial score (nSPS) is 14.9. The van der Waals surface area contributed by atoms with E-state index in [1.54, 1.807) is 23.1 Å². The quantitative estimate of drug-likeness (QED) is 0.395. The average Bonchev–Trinajstić information content (AvgIpc) is 3.45. The van der Waals surface area contributed by atoms with Gasteiger partial charge in [0.05, 0.1) is 21.5 Å². The van der Waals surface area contributed by atoms with E-state index in [1.807, 2.05) is 20.8 Å². The van der Waals surface area contributed by atoms with Crippen molar-refractivity contribution in [2.24, 2.45) is 5.92 Å². The van der Waals surface area contributed by atoms with Crippen molar-refractivity contribution in [2.45, 2.75) is 43.4 Å². The van der Waals surface area contributed by atoms with E-state index in [0.717, 1.165) is 17.4 Å². The molecule has 0 saturated carbocycles. The predicted molar refractivity (Wildman–Crippen MR) is 141 cm³/mol. The zero-order valence-electron chi connectivity index (χ0n) is 20.3. The SMILES string of the molecule is CC(C)(C)OC(=O)N1CCC(C(=O)Nc2nc3ccc(NS(=O)(=O)c4cc(C(=O)O)cs4)cc3s2)CC1. The number of aromatic nitrogens is 1. The van der Waals surface area contributed by atoms with Crippen LogP contribution in [0.2, 0.25) is 0 Å². The lowest BCUT2D eigenvalue weighted by Crippen LogP contribution is -2.43. The molecule has 4 rings (SSSR count). The number of thiophene rings is 1. The molecule has 0 atom stereocenters. The van der Waals surface area contributed by atoms with Crippen LogP contribution in [-0.2, 0) is 19.6 Å². The Bertz CT molecular complexity index is 1450. The number of sulfonamides is 1. The first-order chi connectivity index (χ1) is 17.3. The number of carboxylic acid groups (broad SMARTS) is 1. The van der Waals surface area contributed by atoms with Crippen molar-refractivity contribution in [3.63, 3.8) is 0 Å². The minimum absolute atomic E-state index is 0.0980. The molecule has 14 heteroatoms. The summed E-state index contributed by atoms with van der Waals surface area (Å²) in [6.07, 6.45) is 0.632. The van der Waals surface area contributed by atoms with E-state index in [-0.39, 0.29) is 33.4 Å². The fourth-order valence-electron chi connectivity index (χ4n) is 3.67. The molecule has 2 aromatic heterocycles. The maximum atomic E-state index is 12.8. The Morgan fingerprint density at radius 3 is 2.49 bits per heavy atom. The largest absolute Gasteiger partial charge is 0.478 e. The molecule has 1 fully saturated rings. The number of fused-ring (bicyclic) bond motifs is 1. The number of hydrogen-bond acceptors (Lipinski definition) is 9. The van der Waals surface area contributed by atoms with Crippen molar-refractivity contribution >= 4 is 71.7 Å². The summed E-state index contributed by atoms with van der Waals surface area (Å²) in [6, 6.07) is 5.89. The van der Waals surface area contributed by atoms with Crippen LogP contribution in [-0.4, -0.2) is 60.1 Å². The Morgan fingerprint density at radius 2 is 1.86 bits per heavy atom. The molecule has 3 N–H and O–H groups in total. The highest BCUT2D eigenvalue weighted by atomic mass is 32.2. The maximum Gasteiger partial charge on any atom is 0.410 e. The molecule has 1 aliphatic heterocycles. The summed E-state index contributed by atoms with van der Waals surface area (Å²) in [5.41, 5.74) is 0.200. The van der Waals surface area contributed by atoms with Crippen LogP contribution in [0, 0.1) is 5.92 Å². The highest BCUT2D eigenvalue weighted by molar-refractivity contribution is 7.94. The lowest BCUT2D eigenvalue weighted by Gasteiger charge is -2.32. The van der Waals surface area contributed by atoms with Gasteiger partial charge in [0.25, 0.3) is 10.0 Å². The van der Waals surface area contributed by atoms with Crippen molar-refractivity contribution in [2.75, 3.05) is 23.1 Å². The number of ether oxygens (including phenoxy) is 1. The average molecular weight is 567 g/mol. The van der Waals surface area contributed by atoms with Gasteiger partial charge in [-0.05, 0) is 57.9 Å². The molecule has 0 bridgehead atoms. The Labute approximate surface area is 221 Å². The van der Waals surface area contributed by atoms with E-state index in [1.165, 1.54) is 16.7 Å². The monoisotopic (exact) mass is 566 g/mol. The Balaban J connectivity index is 1.38. The minimum Gasteiger partial charge on any atom is -0.478 e. The van der Waals surface area contributed by atoms with Crippen LogP contribution in [0.5, 0.6) is 0 Å². The first-order valence-corrected chi connectivity index (χ1v) is 14.5. The van der Waals surface area contributed by atoms with Gasteiger partial charge in [0.1, 0.15) is 9.81 Å². The first-order valence-electron chi connectivity index (χ1n) is 11.3. The second-order valence-electron chi connectivity index (χ2n) is 9.50. The Morgan fingerprint density at radius 1 is 1.16 bits per heavy atom. The summed E-state index contributed by atoms with van der Waals surface area (Å²) in [6.45, 7) is 6.27. The predicted octanol–water partition coefficient (Wildman–Crippen LogP) is 4.44. The molecular weight excluding hydrogens is 540 g/mol. The number of carboxylic acids is 1. The molecule has 0 aliphatic carbocycles. The number of aromatic carboxylic acids is 1. The summed E-state index contributed by atoms with van der Waals surface area (Å²) in [4.78, 5) is 42.1. The van der Waals surface area contributed by atoms with Gasteiger partial charge in [-0.1, -0.05) is 11.3 Å². The van der Waals surface area contributed by atoms with Gasteiger partial charge < -0.3 is 20.1 Å². The molecule has 37 heavy (non-hydrogen) atoms. The molecule has 198 valence electrons. The summed E-state index contributed by atoms with van der Waals surface area (Å²) >= 11 is 2.03. The van der Waals surface area contributed by atoms with Crippen LogP contribution < -0.4 is 10.0 Å². The smallest absolute Gasteiger partial charge is 0.410 e. The Hall–Kier alpha value is -3.23. The van der Waals surface area contributed by atoms with Crippen LogP contribution in [0.4, 0.5) is 15.6 Å². The van der Waals surface area contributed by atoms with Crippen molar-refractivity contribution in [1.82, 2.24) is 9.88 Å².